The van der Waals surface area contributed by atoms with E-state index < -0.39 is 0 Å². The van der Waals surface area contributed by atoms with Gasteiger partial charge >= 0.3 is 0 Å². The molecule has 0 aromatic heterocycles. The molecule has 0 bridgehead atoms. The zero-order valence-corrected chi connectivity index (χ0v) is 17.3. The van der Waals surface area contributed by atoms with Gasteiger partial charge in [0.25, 0.3) is 0 Å². The first-order valence-electron chi connectivity index (χ1n) is 8.60. The minimum absolute atomic E-state index is 0.609. The van der Waals surface area contributed by atoms with Gasteiger partial charge in [0.15, 0.2) is 10.2 Å². The van der Waals surface area contributed by atoms with Crippen molar-refractivity contribution in [3.8, 4) is 0 Å². The van der Waals surface area contributed by atoms with Crippen LogP contribution in [0.2, 0.25) is 0 Å². The van der Waals surface area contributed by atoms with E-state index in [9.17, 15) is 0 Å². The summed E-state index contributed by atoms with van der Waals surface area (Å²) < 4.78 is 0. The molecule has 0 aliphatic rings. The first-order chi connectivity index (χ1) is 12.4. The summed E-state index contributed by atoms with van der Waals surface area (Å²) in [4.78, 5) is 0. The number of benzene rings is 2. The van der Waals surface area contributed by atoms with Crippen LogP contribution in [-0.2, 0) is 0 Å². The second-order valence-electron chi connectivity index (χ2n) is 6.30. The van der Waals surface area contributed by atoms with E-state index in [0.717, 1.165) is 11.4 Å². The number of anilines is 2. The third kappa shape index (κ3) is 5.68. The Morgan fingerprint density at radius 3 is 1.27 bits per heavy atom. The van der Waals surface area contributed by atoms with Crippen LogP contribution in [0.4, 0.5) is 11.4 Å². The summed E-state index contributed by atoms with van der Waals surface area (Å²) in [7, 11) is 0. The van der Waals surface area contributed by atoms with Crippen LogP contribution >= 0.6 is 24.4 Å². The van der Waals surface area contributed by atoms with Crippen molar-refractivity contribution in [2.45, 2.75) is 27.7 Å². The molecule has 4 N–H and O–H groups in total. The normalized spacial score (nSPS) is 10.2. The maximum Gasteiger partial charge on any atom is 0.170 e. The Hall–Kier alpha value is -2.18. The summed E-state index contributed by atoms with van der Waals surface area (Å²) in [5.41, 5.74) is 6.81. The van der Waals surface area contributed by atoms with Gasteiger partial charge in [0, 0.05) is 24.5 Å². The number of thiocarbonyl (C=S) groups is 2. The molecule has 0 saturated heterocycles. The Balaban J connectivity index is 1.74. The van der Waals surface area contributed by atoms with E-state index in [-0.39, 0.29) is 0 Å². The van der Waals surface area contributed by atoms with Crippen molar-refractivity contribution < 1.29 is 0 Å². The summed E-state index contributed by atoms with van der Waals surface area (Å²) in [6.07, 6.45) is 0. The van der Waals surface area contributed by atoms with Crippen LogP contribution in [0.25, 0.3) is 0 Å². The van der Waals surface area contributed by atoms with E-state index in [0.29, 0.717) is 23.3 Å². The molecule has 138 valence electrons. The minimum atomic E-state index is 0.609. The molecule has 2 aromatic rings. The Morgan fingerprint density at radius 2 is 0.962 bits per heavy atom. The van der Waals surface area contributed by atoms with Gasteiger partial charge in [-0.2, -0.15) is 0 Å². The van der Waals surface area contributed by atoms with Gasteiger partial charge in [-0.1, -0.05) is 36.4 Å². The molecule has 0 radical (unpaired) electrons. The number of hydrogen-bond donors (Lipinski definition) is 4. The SMILES string of the molecule is Cc1cccc(C)c1NC(=S)NCCNC(=S)Nc1c(C)cccc1C. The molecule has 0 unspecified atom stereocenters. The highest BCUT2D eigenvalue weighted by Crippen LogP contribution is 2.19. The number of rotatable bonds is 5. The van der Waals surface area contributed by atoms with Gasteiger partial charge in [-0.25, -0.2) is 0 Å². The molecule has 0 heterocycles. The minimum Gasteiger partial charge on any atom is -0.361 e. The maximum absolute atomic E-state index is 5.38. The number of hydrogen-bond acceptors (Lipinski definition) is 2. The van der Waals surface area contributed by atoms with Crippen molar-refractivity contribution in [3.05, 3.63) is 58.7 Å². The lowest BCUT2D eigenvalue weighted by atomic mass is 10.1. The Morgan fingerprint density at radius 1 is 0.654 bits per heavy atom. The van der Waals surface area contributed by atoms with E-state index in [1.54, 1.807) is 0 Å². The molecule has 6 heteroatoms. The fourth-order valence-corrected chi connectivity index (χ4v) is 3.10. The van der Waals surface area contributed by atoms with Crippen LogP contribution in [0, 0.1) is 27.7 Å². The van der Waals surface area contributed by atoms with Gasteiger partial charge in [0.1, 0.15) is 0 Å². The Bertz CT molecular complexity index is 694. The molecule has 0 saturated carbocycles. The molecule has 0 fully saturated rings. The lowest BCUT2D eigenvalue weighted by Gasteiger charge is -2.16. The van der Waals surface area contributed by atoms with Crippen molar-refractivity contribution in [2.75, 3.05) is 23.7 Å². The van der Waals surface area contributed by atoms with Crippen LogP contribution in [0.15, 0.2) is 36.4 Å². The molecular formula is C20H26N4S2. The van der Waals surface area contributed by atoms with Crippen LogP contribution in [-0.4, -0.2) is 23.3 Å². The van der Waals surface area contributed by atoms with Crippen LogP contribution in [0.3, 0.4) is 0 Å². The summed E-state index contributed by atoms with van der Waals surface area (Å²) in [5.74, 6) is 0. The third-order valence-corrected chi connectivity index (χ3v) is 4.63. The number of para-hydroxylation sites is 2. The molecule has 26 heavy (non-hydrogen) atoms. The summed E-state index contributed by atoms with van der Waals surface area (Å²) in [6, 6.07) is 12.4. The monoisotopic (exact) mass is 386 g/mol. The number of aryl methyl sites for hydroxylation is 4. The van der Waals surface area contributed by atoms with Gasteiger partial charge in [-0.3, -0.25) is 0 Å². The van der Waals surface area contributed by atoms with Gasteiger partial charge in [-0.15, -0.1) is 0 Å². The smallest absolute Gasteiger partial charge is 0.170 e. The molecule has 0 atom stereocenters. The highest BCUT2D eigenvalue weighted by atomic mass is 32.1. The quantitative estimate of drug-likeness (QED) is 0.457. The lowest BCUT2D eigenvalue weighted by molar-refractivity contribution is 0.821. The fraction of sp³-hybridized carbons (Fsp3) is 0.300. The highest BCUT2D eigenvalue weighted by Gasteiger charge is 2.05. The predicted octanol–water partition coefficient (Wildman–Crippen LogP) is 4.19. The van der Waals surface area contributed by atoms with Crippen LogP contribution < -0.4 is 21.3 Å². The van der Waals surface area contributed by atoms with Gasteiger partial charge in [0.05, 0.1) is 0 Å². The van der Waals surface area contributed by atoms with Crippen LogP contribution in [0.5, 0.6) is 0 Å². The average Bonchev–Trinajstić information content (AvgIpc) is 2.58. The predicted molar refractivity (Wildman–Crippen MR) is 120 cm³/mol. The Labute approximate surface area is 166 Å². The zero-order chi connectivity index (χ0) is 19.1. The second kappa shape index (κ2) is 9.50. The van der Waals surface area contributed by atoms with E-state index in [1.165, 1.54) is 22.3 Å². The van der Waals surface area contributed by atoms with Crippen molar-refractivity contribution in [1.82, 2.24) is 10.6 Å². The Kier molecular flexibility index (Phi) is 7.36. The number of nitrogens with one attached hydrogen (secondary N) is 4. The topological polar surface area (TPSA) is 48.1 Å². The summed E-state index contributed by atoms with van der Waals surface area (Å²) in [5, 5.41) is 14.1. The summed E-state index contributed by atoms with van der Waals surface area (Å²) in [6.45, 7) is 9.61. The molecule has 2 rings (SSSR count). The molecule has 0 aliphatic carbocycles. The van der Waals surface area contributed by atoms with Gasteiger partial charge < -0.3 is 21.3 Å². The van der Waals surface area contributed by atoms with Gasteiger partial charge in [0.2, 0.25) is 0 Å². The van der Waals surface area contributed by atoms with E-state index in [2.05, 4.69) is 73.2 Å². The standard InChI is InChI=1S/C20H26N4S2/c1-13-7-5-8-14(2)17(13)23-19(25)21-11-12-22-20(26)24-18-15(3)9-6-10-16(18)4/h5-10H,11-12H2,1-4H3,(H2,21,23,25)(H2,22,24,26). The molecule has 0 aliphatic heterocycles. The molecule has 0 spiro atoms. The average molecular weight is 387 g/mol. The van der Waals surface area contributed by atoms with Crippen molar-refractivity contribution in [2.24, 2.45) is 0 Å². The third-order valence-electron chi connectivity index (χ3n) is 4.14. The largest absolute Gasteiger partial charge is 0.361 e. The first kappa shape index (κ1) is 20.1. The fourth-order valence-electron chi connectivity index (χ4n) is 2.69. The van der Waals surface area contributed by atoms with Crippen molar-refractivity contribution in [3.63, 3.8) is 0 Å². The molecular weight excluding hydrogens is 360 g/mol. The highest BCUT2D eigenvalue weighted by molar-refractivity contribution is 7.80. The molecule has 0 amide bonds. The molecule has 2 aromatic carbocycles. The lowest BCUT2D eigenvalue weighted by Crippen LogP contribution is -2.38. The van der Waals surface area contributed by atoms with Crippen molar-refractivity contribution >= 4 is 46.0 Å². The van der Waals surface area contributed by atoms with E-state index in [4.69, 9.17) is 24.4 Å². The zero-order valence-electron chi connectivity index (χ0n) is 15.7. The summed E-state index contributed by atoms with van der Waals surface area (Å²) >= 11 is 10.8. The van der Waals surface area contributed by atoms with Crippen LogP contribution in [0.1, 0.15) is 22.3 Å². The second-order valence-corrected chi connectivity index (χ2v) is 7.11. The maximum atomic E-state index is 5.38. The van der Waals surface area contributed by atoms with E-state index >= 15 is 0 Å². The van der Waals surface area contributed by atoms with E-state index in [1.807, 2.05) is 12.1 Å². The molecule has 4 nitrogen and oxygen atoms in total. The van der Waals surface area contributed by atoms with Crippen molar-refractivity contribution in [1.29, 1.82) is 0 Å². The first-order valence-corrected chi connectivity index (χ1v) is 9.42. The van der Waals surface area contributed by atoms with Gasteiger partial charge in [-0.05, 0) is 74.4 Å².